The van der Waals surface area contributed by atoms with Crippen LogP contribution >= 0.6 is 11.3 Å². The largest absolute Gasteiger partial charge is 0.481 e. The average molecular weight is 484 g/mol. The molecule has 1 aliphatic carbocycles. The molecule has 2 heterocycles. The van der Waals surface area contributed by atoms with Crippen LogP contribution in [0.15, 0.2) is 53.9 Å². The molecule has 0 bridgehead atoms. The van der Waals surface area contributed by atoms with Crippen LogP contribution in [0.1, 0.15) is 37.7 Å². The van der Waals surface area contributed by atoms with Gasteiger partial charge in [-0.1, -0.05) is 42.5 Å². The number of hydrogen-bond acceptors (Lipinski definition) is 6. The fraction of sp³-hybridized carbons (Fsp3) is 0.481. The maximum atomic E-state index is 13.1. The second-order valence-corrected chi connectivity index (χ2v) is 9.87. The Labute approximate surface area is 205 Å². The number of unbranched alkanes of at least 4 members (excludes halogenated alkanes) is 1. The molecular weight excluding hydrogens is 450 g/mol. The van der Waals surface area contributed by atoms with Gasteiger partial charge in [0.15, 0.2) is 5.78 Å². The van der Waals surface area contributed by atoms with Crippen molar-refractivity contribution >= 4 is 23.1 Å². The zero-order chi connectivity index (χ0) is 23.8. The first kappa shape index (κ1) is 24.8. The molecule has 34 heavy (non-hydrogen) atoms. The molecule has 2 aliphatic rings. The highest BCUT2D eigenvalue weighted by Crippen LogP contribution is 2.35. The van der Waals surface area contributed by atoms with Gasteiger partial charge in [0, 0.05) is 36.7 Å². The summed E-state index contributed by atoms with van der Waals surface area (Å²) in [5.41, 5.74) is 2.34. The third-order valence-corrected chi connectivity index (χ3v) is 7.59. The summed E-state index contributed by atoms with van der Waals surface area (Å²) >= 11 is 1.71. The summed E-state index contributed by atoms with van der Waals surface area (Å²) in [6, 6.07) is 12.4. The van der Waals surface area contributed by atoms with Gasteiger partial charge in [-0.3, -0.25) is 14.5 Å². The molecule has 1 aromatic heterocycles. The highest BCUT2D eigenvalue weighted by Gasteiger charge is 2.45. The Morgan fingerprint density at radius 2 is 2.00 bits per heavy atom. The monoisotopic (exact) mass is 483 g/mol. The number of Topliss-reactive ketones (excluding diaryl/α,β-unsaturated/α-hetero) is 1. The minimum Gasteiger partial charge on any atom is -0.481 e. The van der Waals surface area contributed by atoms with Crippen molar-refractivity contribution in [2.24, 2.45) is 5.92 Å². The number of carbonyl (C=O) groups excluding carboxylic acids is 1. The van der Waals surface area contributed by atoms with E-state index in [1.807, 2.05) is 24.3 Å². The lowest BCUT2D eigenvalue weighted by molar-refractivity contribution is -0.137. The number of rotatable bonds is 11. The van der Waals surface area contributed by atoms with Crippen molar-refractivity contribution in [3.63, 3.8) is 0 Å². The van der Waals surface area contributed by atoms with Gasteiger partial charge >= 0.3 is 5.97 Å². The molecule has 1 aromatic carbocycles. The van der Waals surface area contributed by atoms with Crippen molar-refractivity contribution in [2.75, 3.05) is 26.3 Å². The molecule has 2 aromatic rings. The number of ether oxygens (including phenoxy) is 2. The molecule has 4 rings (SSSR count). The molecule has 1 N–H and O–H groups in total. The fourth-order valence-electron chi connectivity index (χ4n) is 4.86. The highest BCUT2D eigenvalue weighted by atomic mass is 32.1. The zero-order valence-electron chi connectivity index (χ0n) is 19.4. The van der Waals surface area contributed by atoms with E-state index in [2.05, 4.69) is 34.6 Å². The van der Waals surface area contributed by atoms with Crippen LogP contribution in [0.4, 0.5) is 0 Å². The molecular formula is C27H33NO5S. The summed E-state index contributed by atoms with van der Waals surface area (Å²) in [6.07, 6.45) is 6.77. The molecule has 0 radical (unpaired) electrons. The number of carbonyl (C=O) groups is 2. The Balaban J connectivity index is 1.39. The van der Waals surface area contributed by atoms with Gasteiger partial charge in [-0.25, -0.2) is 0 Å². The zero-order valence-corrected chi connectivity index (χ0v) is 20.3. The number of carboxylic acids is 1. The normalized spacial score (nSPS) is 23.6. The Kier molecular flexibility index (Phi) is 9.04. The third-order valence-electron chi connectivity index (χ3n) is 6.57. The predicted molar refractivity (Wildman–Crippen MR) is 133 cm³/mol. The lowest BCUT2D eigenvalue weighted by Crippen LogP contribution is -2.49. The quantitative estimate of drug-likeness (QED) is 0.366. The standard InChI is InChI=1S/C27H33NO5S/c29-23-17-24(33-18-20-16-25(34-19-20)21-8-4-3-5-9-21)22(10-6-1-2-7-11-26(30)31)27(23)28-12-14-32-15-13-28/h1,3-6,8-9,16,19,22,24,27H,2,7,10-15,17-18H2,(H,30,31)/t22-,24-,27+/m1/s1. The van der Waals surface area contributed by atoms with Gasteiger partial charge in [-0.15, -0.1) is 11.3 Å². The molecule has 1 saturated heterocycles. The number of allylic oxidation sites excluding steroid dienone is 2. The summed E-state index contributed by atoms with van der Waals surface area (Å²) in [7, 11) is 0. The molecule has 182 valence electrons. The van der Waals surface area contributed by atoms with Crippen LogP contribution in [0.3, 0.4) is 0 Å². The van der Waals surface area contributed by atoms with E-state index in [1.54, 1.807) is 11.3 Å². The van der Waals surface area contributed by atoms with Gasteiger partial charge in [-0.2, -0.15) is 0 Å². The van der Waals surface area contributed by atoms with Crippen molar-refractivity contribution in [2.45, 2.75) is 50.9 Å². The van der Waals surface area contributed by atoms with Gasteiger partial charge in [0.25, 0.3) is 0 Å². The van der Waals surface area contributed by atoms with Crippen molar-refractivity contribution in [3.8, 4) is 10.4 Å². The molecule has 1 saturated carbocycles. The minimum absolute atomic E-state index is 0.0913. The van der Waals surface area contributed by atoms with Crippen molar-refractivity contribution < 1.29 is 24.2 Å². The first-order chi connectivity index (χ1) is 16.6. The maximum Gasteiger partial charge on any atom is 0.303 e. The molecule has 1 aliphatic heterocycles. The number of aliphatic carboxylic acids is 1. The summed E-state index contributed by atoms with van der Waals surface area (Å²) < 4.78 is 11.9. The lowest BCUT2D eigenvalue weighted by Gasteiger charge is -2.35. The number of nitrogens with zero attached hydrogens (tertiary/aromatic N) is 1. The maximum absolute atomic E-state index is 13.1. The molecule has 0 spiro atoms. The van der Waals surface area contributed by atoms with Gasteiger partial charge in [-0.05, 0) is 41.8 Å². The molecule has 2 fully saturated rings. The van der Waals surface area contributed by atoms with Crippen LogP contribution in [0, 0.1) is 5.92 Å². The van der Waals surface area contributed by atoms with Gasteiger partial charge < -0.3 is 14.6 Å². The summed E-state index contributed by atoms with van der Waals surface area (Å²) in [6.45, 7) is 3.35. The number of thiophene rings is 1. The predicted octanol–water partition coefficient (Wildman–Crippen LogP) is 4.79. The SMILES string of the molecule is O=C(O)CCCC=CC[C@H]1[C@H](N2CCOCC2)C(=O)C[C@H]1OCc1csc(-c2ccccc2)c1. The Morgan fingerprint density at radius 3 is 2.76 bits per heavy atom. The molecule has 6 nitrogen and oxygen atoms in total. The molecule has 7 heteroatoms. The minimum atomic E-state index is -0.764. The van der Waals surface area contributed by atoms with E-state index in [0.717, 1.165) is 31.5 Å². The first-order valence-electron chi connectivity index (χ1n) is 12.1. The lowest BCUT2D eigenvalue weighted by atomic mass is 9.95. The van der Waals surface area contributed by atoms with Crippen molar-refractivity contribution in [1.29, 1.82) is 0 Å². The van der Waals surface area contributed by atoms with Crippen LogP contribution in [0.5, 0.6) is 0 Å². The van der Waals surface area contributed by atoms with Crippen molar-refractivity contribution in [1.82, 2.24) is 4.90 Å². The number of benzene rings is 1. The van der Waals surface area contributed by atoms with E-state index in [4.69, 9.17) is 14.6 Å². The number of ketones is 1. The number of hydrogen-bond donors (Lipinski definition) is 1. The molecule has 0 amide bonds. The van der Waals surface area contributed by atoms with E-state index in [1.165, 1.54) is 10.4 Å². The van der Waals surface area contributed by atoms with Gasteiger partial charge in [0.1, 0.15) is 0 Å². The summed E-state index contributed by atoms with van der Waals surface area (Å²) in [4.78, 5) is 27.2. The smallest absolute Gasteiger partial charge is 0.303 e. The number of carboxylic acid groups (broad SMARTS) is 1. The van der Waals surface area contributed by atoms with E-state index < -0.39 is 5.97 Å². The van der Waals surface area contributed by atoms with E-state index in [-0.39, 0.29) is 30.3 Å². The van der Waals surface area contributed by atoms with E-state index in [9.17, 15) is 9.59 Å². The topological polar surface area (TPSA) is 76.1 Å². The highest BCUT2D eigenvalue weighted by molar-refractivity contribution is 7.13. The summed E-state index contributed by atoms with van der Waals surface area (Å²) in [5.74, 6) is -0.417. The van der Waals surface area contributed by atoms with Crippen molar-refractivity contribution in [3.05, 3.63) is 59.5 Å². The molecule has 0 unspecified atom stereocenters. The Bertz CT molecular complexity index is 966. The second-order valence-electron chi connectivity index (χ2n) is 8.96. The van der Waals surface area contributed by atoms with Crippen LogP contribution < -0.4 is 0 Å². The van der Waals surface area contributed by atoms with Crippen LogP contribution in [0.25, 0.3) is 10.4 Å². The third kappa shape index (κ3) is 6.63. The summed E-state index contributed by atoms with van der Waals surface area (Å²) in [5, 5.41) is 10.9. The van der Waals surface area contributed by atoms with Crippen LogP contribution in [-0.2, 0) is 25.7 Å². The fourth-order valence-corrected chi connectivity index (χ4v) is 5.76. The second kappa shape index (κ2) is 12.4. The van der Waals surface area contributed by atoms with Crippen LogP contribution in [0.2, 0.25) is 0 Å². The average Bonchev–Trinajstić information content (AvgIpc) is 3.45. The number of morpholine rings is 1. The Hall–Kier alpha value is -2.32. The van der Waals surface area contributed by atoms with E-state index >= 15 is 0 Å². The van der Waals surface area contributed by atoms with Gasteiger partial charge in [0.2, 0.25) is 0 Å². The van der Waals surface area contributed by atoms with Gasteiger partial charge in [0.05, 0.1) is 32.0 Å². The first-order valence-corrected chi connectivity index (χ1v) is 13.0. The van der Waals surface area contributed by atoms with E-state index in [0.29, 0.717) is 32.7 Å². The Morgan fingerprint density at radius 1 is 1.21 bits per heavy atom. The molecule has 3 atom stereocenters. The van der Waals surface area contributed by atoms with Crippen LogP contribution in [-0.4, -0.2) is 60.2 Å².